The predicted octanol–water partition coefficient (Wildman–Crippen LogP) is 0.593. The van der Waals surface area contributed by atoms with Crippen LogP contribution in [-0.4, -0.2) is 21.4 Å². The third-order valence-electron chi connectivity index (χ3n) is 2.02. The molecular weight excluding hydrogens is 244 g/mol. The molecule has 16 heavy (non-hydrogen) atoms. The molecule has 1 aromatic rings. The summed E-state index contributed by atoms with van der Waals surface area (Å²) in [5.74, 6) is -0.318. The van der Waals surface area contributed by atoms with Gasteiger partial charge >= 0.3 is 0 Å². The molecule has 4 nitrogen and oxygen atoms in total. The van der Waals surface area contributed by atoms with E-state index in [-0.39, 0.29) is 10.1 Å². The van der Waals surface area contributed by atoms with E-state index in [1.165, 1.54) is 0 Å². The Balaban J connectivity index is 2.71. The predicted molar refractivity (Wildman–Crippen MR) is 69.5 cm³/mol. The Kier molecular flexibility index (Phi) is 4.57. The first kappa shape index (κ1) is 12.8. The molecule has 0 saturated carbocycles. The number of hydrogen-bond donors (Lipinski definition) is 4. The molecule has 0 aliphatic rings. The number of rotatable bonds is 4. The molecule has 6 heteroatoms. The van der Waals surface area contributed by atoms with Crippen LogP contribution in [0.4, 0.5) is 0 Å². The summed E-state index contributed by atoms with van der Waals surface area (Å²) in [6.07, 6.45) is 0.399. The van der Waals surface area contributed by atoms with Gasteiger partial charge in [-0.15, -0.1) is 12.6 Å². The van der Waals surface area contributed by atoms with Gasteiger partial charge in [-0.3, -0.25) is 4.79 Å². The van der Waals surface area contributed by atoms with E-state index >= 15 is 0 Å². The third kappa shape index (κ3) is 4.08. The minimum absolute atomic E-state index is 0.178. The molecule has 0 spiro atoms. The molecule has 1 rings (SSSR count). The van der Waals surface area contributed by atoms with Crippen molar-refractivity contribution in [3.63, 3.8) is 0 Å². The zero-order valence-corrected chi connectivity index (χ0v) is 10.1. The Labute approximate surface area is 104 Å². The van der Waals surface area contributed by atoms with Gasteiger partial charge in [0.05, 0.1) is 0 Å². The number of phenolic OH excluding ortho intramolecular Hbond substituents is 1. The van der Waals surface area contributed by atoms with Crippen molar-refractivity contribution in [2.45, 2.75) is 12.5 Å². The van der Waals surface area contributed by atoms with E-state index < -0.39 is 11.9 Å². The maximum Gasteiger partial charge on any atom is 0.240 e. The van der Waals surface area contributed by atoms with Crippen molar-refractivity contribution in [1.29, 1.82) is 0 Å². The molecule has 0 bridgehead atoms. The topological polar surface area (TPSA) is 75.4 Å². The molecule has 86 valence electrons. The van der Waals surface area contributed by atoms with Gasteiger partial charge in [0.2, 0.25) is 5.91 Å². The van der Waals surface area contributed by atoms with E-state index in [2.05, 4.69) is 17.9 Å². The molecule has 0 aliphatic heterocycles. The maximum atomic E-state index is 11.1. The number of primary amides is 1. The molecule has 1 atom stereocenters. The van der Waals surface area contributed by atoms with Crippen LogP contribution in [-0.2, 0) is 11.2 Å². The van der Waals surface area contributed by atoms with Crippen LogP contribution in [0.3, 0.4) is 0 Å². The Morgan fingerprint density at radius 3 is 2.50 bits per heavy atom. The minimum atomic E-state index is -0.588. The normalized spacial score (nSPS) is 11.8. The number of nitrogens with one attached hydrogen (secondary N) is 1. The molecule has 1 aromatic carbocycles. The highest BCUT2D eigenvalue weighted by Gasteiger charge is 2.15. The lowest BCUT2D eigenvalue weighted by atomic mass is 10.1. The number of amides is 1. The van der Waals surface area contributed by atoms with Crippen LogP contribution in [0.25, 0.3) is 0 Å². The van der Waals surface area contributed by atoms with Gasteiger partial charge in [-0.1, -0.05) is 24.4 Å². The van der Waals surface area contributed by atoms with Gasteiger partial charge in [-0.25, -0.2) is 0 Å². The fourth-order valence-corrected chi connectivity index (χ4v) is 1.54. The van der Waals surface area contributed by atoms with Crippen LogP contribution in [0.15, 0.2) is 24.3 Å². The monoisotopic (exact) mass is 256 g/mol. The number of carbonyl (C=O) groups excluding carboxylic acids is 1. The van der Waals surface area contributed by atoms with E-state index in [1.54, 1.807) is 24.3 Å². The summed E-state index contributed by atoms with van der Waals surface area (Å²) in [6.45, 7) is 0. The van der Waals surface area contributed by atoms with Crippen LogP contribution in [0.5, 0.6) is 5.75 Å². The molecular formula is C10H12N2O2S2. The van der Waals surface area contributed by atoms with Crippen molar-refractivity contribution in [2.75, 3.05) is 0 Å². The number of carbonyl (C=O) groups is 1. The molecule has 0 fully saturated rings. The third-order valence-corrected chi connectivity index (χ3v) is 2.26. The second-order valence-electron chi connectivity index (χ2n) is 3.28. The summed E-state index contributed by atoms with van der Waals surface area (Å²) in [7, 11) is 0. The van der Waals surface area contributed by atoms with E-state index in [1.807, 2.05) is 0 Å². The molecule has 0 saturated heterocycles. The maximum absolute atomic E-state index is 11.1. The van der Waals surface area contributed by atoms with E-state index in [9.17, 15) is 4.79 Å². The molecule has 1 amide bonds. The van der Waals surface area contributed by atoms with Gasteiger partial charge in [0.15, 0.2) is 0 Å². The average molecular weight is 256 g/mol. The highest BCUT2D eigenvalue weighted by Crippen LogP contribution is 2.11. The Hall–Kier alpha value is -1.27. The van der Waals surface area contributed by atoms with E-state index in [0.29, 0.717) is 6.42 Å². The fraction of sp³-hybridized carbons (Fsp3) is 0.200. The largest absolute Gasteiger partial charge is 0.508 e. The van der Waals surface area contributed by atoms with Crippen LogP contribution in [0, 0.1) is 0 Å². The SMILES string of the molecule is NC(=O)C(Cc1ccc(O)cc1)NC(=S)S. The number of hydrogen-bond acceptors (Lipinski definition) is 3. The smallest absolute Gasteiger partial charge is 0.240 e. The van der Waals surface area contributed by atoms with Crippen molar-refractivity contribution in [2.24, 2.45) is 5.73 Å². The second-order valence-corrected chi connectivity index (χ2v) is 4.43. The molecule has 0 aliphatic carbocycles. The summed E-state index contributed by atoms with van der Waals surface area (Å²) < 4.78 is 0.225. The Bertz CT molecular complexity index is 392. The first-order chi connectivity index (χ1) is 7.49. The number of nitrogens with two attached hydrogens (primary N) is 1. The number of benzene rings is 1. The van der Waals surface area contributed by atoms with Gasteiger partial charge < -0.3 is 16.2 Å². The first-order valence-corrected chi connectivity index (χ1v) is 5.41. The lowest BCUT2D eigenvalue weighted by molar-refractivity contribution is -0.119. The molecule has 0 aromatic heterocycles. The van der Waals surface area contributed by atoms with Crippen LogP contribution >= 0.6 is 24.8 Å². The summed E-state index contributed by atoms with van der Waals surface area (Å²) in [5, 5.41) is 11.8. The number of thiol groups is 1. The minimum Gasteiger partial charge on any atom is -0.508 e. The van der Waals surface area contributed by atoms with Gasteiger partial charge in [0.25, 0.3) is 0 Å². The highest BCUT2D eigenvalue weighted by atomic mass is 32.1. The van der Waals surface area contributed by atoms with Crippen molar-refractivity contribution in [1.82, 2.24) is 5.32 Å². The molecule has 0 heterocycles. The van der Waals surface area contributed by atoms with Crippen molar-refractivity contribution in [3.8, 4) is 5.75 Å². The Morgan fingerprint density at radius 2 is 2.06 bits per heavy atom. The first-order valence-electron chi connectivity index (χ1n) is 4.55. The van der Waals surface area contributed by atoms with Crippen LogP contribution < -0.4 is 11.1 Å². The summed E-state index contributed by atoms with van der Waals surface area (Å²) in [5.41, 5.74) is 6.09. The van der Waals surface area contributed by atoms with Crippen molar-refractivity contribution < 1.29 is 9.90 Å². The van der Waals surface area contributed by atoms with E-state index in [4.69, 9.17) is 23.1 Å². The summed E-state index contributed by atoms with van der Waals surface area (Å²) >= 11 is 8.62. The lowest BCUT2D eigenvalue weighted by Crippen LogP contribution is -2.43. The van der Waals surface area contributed by atoms with Gasteiger partial charge in [0.1, 0.15) is 16.1 Å². The quantitative estimate of drug-likeness (QED) is 0.470. The number of aromatic hydroxyl groups is 1. The molecule has 4 N–H and O–H groups in total. The molecule has 0 radical (unpaired) electrons. The van der Waals surface area contributed by atoms with Crippen LogP contribution in [0.1, 0.15) is 5.56 Å². The highest BCUT2D eigenvalue weighted by molar-refractivity contribution is 8.11. The van der Waals surface area contributed by atoms with Gasteiger partial charge in [-0.05, 0) is 17.7 Å². The van der Waals surface area contributed by atoms with Gasteiger partial charge in [0, 0.05) is 6.42 Å². The second kappa shape index (κ2) is 5.72. The fourth-order valence-electron chi connectivity index (χ4n) is 1.24. The van der Waals surface area contributed by atoms with E-state index in [0.717, 1.165) is 5.56 Å². The molecule has 1 unspecified atom stereocenters. The van der Waals surface area contributed by atoms with Crippen molar-refractivity contribution >= 4 is 35.1 Å². The number of thiocarbonyl (C=S) groups is 1. The summed E-state index contributed by atoms with van der Waals surface area (Å²) in [6, 6.07) is 5.94. The zero-order valence-electron chi connectivity index (χ0n) is 8.38. The van der Waals surface area contributed by atoms with Crippen molar-refractivity contribution in [3.05, 3.63) is 29.8 Å². The number of phenols is 1. The zero-order chi connectivity index (χ0) is 12.1. The summed E-state index contributed by atoms with van der Waals surface area (Å²) in [4.78, 5) is 11.1. The average Bonchev–Trinajstić information content (AvgIpc) is 2.19. The van der Waals surface area contributed by atoms with Crippen LogP contribution in [0.2, 0.25) is 0 Å². The lowest BCUT2D eigenvalue weighted by Gasteiger charge is -2.15. The standard InChI is InChI=1S/C10H12N2O2S2/c11-9(14)8(12-10(15)16)5-6-1-3-7(13)4-2-6/h1-4,8,13H,5H2,(H2,11,14)(H2,12,15,16). The van der Waals surface area contributed by atoms with Gasteiger partial charge in [-0.2, -0.15) is 0 Å². The Morgan fingerprint density at radius 1 is 1.50 bits per heavy atom.